The molecule has 0 saturated heterocycles. The number of nitrogens with one attached hydrogen (secondary N) is 1. The highest BCUT2D eigenvalue weighted by Gasteiger charge is 2.09. The number of hydrogen-bond donors (Lipinski definition) is 1. The summed E-state index contributed by atoms with van der Waals surface area (Å²) in [4.78, 5) is 20.8. The summed E-state index contributed by atoms with van der Waals surface area (Å²) in [5.74, 6) is 5.31. The number of carbonyl (C=O) groups excluding carboxylic acids is 1. The van der Waals surface area contributed by atoms with E-state index in [0.29, 0.717) is 11.1 Å². The Hall–Kier alpha value is -2.35. The summed E-state index contributed by atoms with van der Waals surface area (Å²) in [6.07, 6.45) is 0. The van der Waals surface area contributed by atoms with Gasteiger partial charge in [0.05, 0.1) is 11.5 Å². The van der Waals surface area contributed by atoms with Crippen LogP contribution in [0.2, 0.25) is 0 Å². The van der Waals surface area contributed by atoms with Crippen LogP contribution < -0.4 is 5.32 Å². The van der Waals surface area contributed by atoms with Gasteiger partial charge in [-0.2, -0.15) is 0 Å². The van der Waals surface area contributed by atoms with Gasteiger partial charge in [0.25, 0.3) is 5.69 Å². The first kappa shape index (κ1) is 12.7. The third-order valence-electron chi connectivity index (χ3n) is 2.06. The van der Waals surface area contributed by atoms with Crippen LogP contribution in [0.4, 0.5) is 5.69 Å². The lowest BCUT2D eigenvalue weighted by atomic mass is 10.1. The molecule has 0 heterocycles. The minimum absolute atomic E-state index is 0.0522. The van der Waals surface area contributed by atoms with Gasteiger partial charge in [0.15, 0.2) is 0 Å². The van der Waals surface area contributed by atoms with Gasteiger partial charge in [-0.05, 0) is 13.0 Å². The molecule has 0 aliphatic carbocycles. The van der Waals surface area contributed by atoms with E-state index in [1.807, 2.05) is 0 Å². The fourth-order valence-electron chi connectivity index (χ4n) is 1.20. The summed E-state index contributed by atoms with van der Waals surface area (Å²) in [6, 6.07) is 4.79. The standard InChI is InChI=1S/C12H12N2O3/c1-9-5-6-11(8-12(9)14(16)17)4-3-7-13-10(2)15/h5-6,8H,7H2,1-2H3,(H,13,15). The van der Waals surface area contributed by atoms with Crippen LogP contribution in [-0.4, -0.2) is 17.4 Å². The van der Waals surface area contributed by atoms with Crippen LogP contribution in [0.25, 0.3) is 0 Å². The zero-order chi connectivity index (χ0) is 12.8. The fraction of sp³-hybridized carbons (Fsp3) is 0.250. The van der Waals surface area contributed by atoms with Gasteiger partial charge in [0.1, 0.15) is 0 Å². The van der Waals surface area contributed by atoms with Gasteiger partial charge in [0.2, 0.25) is 5.91 Å². The molecule has 0 bridgehead atoms. The number of rotatable bonds is 2. The lowest BCUT2D eigenvalue weighted by Gasteiger charge is -1.97. The predicted molar refractivity (Wildman–Crippen MR) is 63.4 cm³/mol. The highest BCUT2D eigenvalue weighted by Crippen LogP contribution is 2.18. The van der Waals surface area contributed by atoms with E-state index in [9.17, 15) is 14.9 Å². The molecule has 0 aromatic heterocycles. The zero-order valence-electron chi connectivity index (χ0n) is 9.61. The van der Waals surface area contributed by atoms with Crippen molar-refractivity contribution in [1.29, 1.82) is 0 Å². The van der Waals surface area contributed by atoms with Crippen molar-refractivity contribution in [2.24, 2.45) is 0 Å². The van der Waals surface area contributed by atoms with Crippen molar-refractivity contribution in [1.82, 2.24) is 5.32 Å². The Morgan fingerprint density at radius 2 is 2.24 bits per heavy atom. The number of benzene rings is 1. The molecule has 5 heteroatoms. The molecule has 88 valence electrons. The lowest BCUT2D eigenvalue weighted by molar-refractivity contribution is -0.385. The molecule has 1 N–H and O–H groups in total. The SMILES string of the molecule is CC(=O)NCC#Cc1ccc(C)c([N+](=O)[O-])c1. The Balaban J connectivity index is 2.82. The molecular formula is C12H12N2O3. The maximum atomic E-state index is 10.7. The van der Waals surface area contributed by atoms with Crippen molar-refractivity contribution < 1.29 is 9.72 Å². The molecular weight excluding hydrogens is 220 g/mol. The summed E-state index contributed by atoms with van der Waals surface area (Å²) in [6.45, 7) is 3.31. The van der Waals surface area contributed by atoms with Gasteiger partial charge >= 0.3 is 0 Å². The topological polar surface area (TPSA) is 72.2 Å². The zero-order valence-corrected chi connectivity index (χ0v) is 9.61. The van der Waals surface area contributed by atoms with Crippen molar-refractivity contribution in [2.75, 3.05) is 6.54 Å². The Labute approximate surface area is 99.0 Å². The van der Waals surface area contributed by atoms with Gasteiger partial charge < -0.3 is 5.32 Å². The molecule has 0 radical (unpaired) electrons. The summed E-state index contributed by atoms with van der Waals surface area (Å²) >= 11 is 0. The Morgan fingerprint density at radius 3 is 2.82 bits per heavy atom. The molecule has 5 nitrogen and oxygen atoms in total. The van der Waals surface area contributed by atoms with E-state index in [1.165, 1.54) is 13.0 Å². The second-order valence-electron chi connectivity index (χ2n) is 3.47. The van der Waals surface area contributed by atoms with Crippen LogP contribution in [0.15, 0.2) is 18.2 Å². The quantitative estimate of drug-likeness (QED) is 0.475. The van der Waals surface area contributed by atoms with Crippen LogP contribution >= 0.6 is 0 Å². The summed E-state index contributed by atoms with van der Waals surface area (Å²) in [7, 11) is 0. The fourth-order valence-corrected chi connectivity index (χ4v) is 1.20. The Bertz CT molecular complexity index is 512. The molecule has 1 aromatic rings. The molecule has 1 rings (SSSR count). The molecule has 17 heavy (non-hydrogen) atoms. The van der Waals surface area contributed by atoms with Crippen LogP contribution in [-0.2, 0) is 4.79 Å². The lowest BCUT2D eigenvalue weighted by Crippen LogP contribution is -2.19. The van der Waals surface area contributed by atoms with Gasteiger partial charge in [-0.15, -0.1) is 0 Å². The van der Waals surface area contributed by atoms with Crippen molar-refractivity contribution >= 4 is 11.6 Å². The molecule has 1 aromatic carbocycles. The van der Waals surface area contributed by atoms with Gasteiger partial charge in [-0.3, -0.25) is 14.9 Å². The predicted octanol–water partition coefficient (Wildman–Crippen LogP) is 1.39. The van der Waals surface area contributed by atoms with E-state index in [0.717, 1.165) is 0 Å². The number of hydrogen-bond acceptors (Lipinski definition) is 3. The Morgan fingerprint density at radius 1 is 1.53 bits per heavy atom. The Kier molecular flexibility index (Phi) is 4.23. The van der Waals surface area contributed by atoms with Crippen molar-refractivity contribution in [3.05, 3.63) is 39.4 Å². The first-order valence-electron chi connectivity index (χ1n) is 4.99. The first-order chi connectivity index (χ1) is 8.00. The number of nitro groups is 1. The van der Waals surface area contributed by atoms with Crippen LogP contribution in [0, 0.1) is 28.9 Å². The van der Waals surface area contributed by atoms with E-state index in [4.69, 9.17) is 0 Å². The van der Waals surface area contributed by atoms with Gasteiger partial charge in [-0.1, -0.05) is 17.9 Å². The number of amides is 1. The monoisotopic (exact) mass is 232 g/mol. The molecule has 0 aliphatic heterocycles. The van der Waals surface area contributed by atoms with E-state index in [-0.39, 0.29) is 18.1 Å². The third-order valence-corrected chi connectivity index (χ3v) is 2.06. The van der Waals surface area contributed by atoms with E-state index < -0.39 is 4.92 Å². The first-order valence-corrected chi connectivity index (χ1v) is 4.99. The summed E-state index contributed by atoms with van der Waals surface area (Å²) in [5.41, 5.74) is 1.21. The minimum Gasteiger partial charge on any atom is -0.345 e. The summed E-state index contributed by atoms with van der Waals surface area (Å²) < 4.78 is 0. The average Bonchev–Trinajstić information content (AvgIpc) is 2.25. The van der Waals surface area contributed by atoms with E-state index >= 15 is 0 Å². The number of aryl methyl sites for hydroxylation is 1. The number of carbonyl (C=O) groups is 1. The molecule has 0 atom stereocenters. The molecule has 0 unspecified atom stereocenters. The second kappa shape index (κ2) is 5.66. The molecule has 1 amide bonds. The van der Waals surface area contributed by atoms with Crippen molar-refractivity contribution in [3.63, 3.8) is 0 Å². The molecule has 0 spiro atoms. The highest BCUT2D eigenvalue weighted by molar-refractivity contribution is 5.73. The molecule has 0 fully saturated rings. The highest BCUT2D eigenvalue weighted by atomic mass is 16.6. The van der Waals surface area contributed by atoms with Gasteiger partial charge in [-0.25, -0.2) is 0 Å². The smallest absolute Gasteiger partial charge is 0.273 e. The summed E-state index contributed by atoms with van der Waals surface area (Å²) in [5, 5.41) is 13.2. The van der Waals surface area contributed by atoms with E-state index in [2.05, 4.69) is 17.2 Å². The van der Waals surface area contributed by atoms with Crippen molar-refractivity contribution in [2.45, 2.75) is 13.8 Å². The maximum absolute atomic E-state index is 10.7. The second-order valence-corrected chi connectivity index (χ2v) is 3.47. The molecule has 0 aliphatic rings. The normalized spacial score (nSPS) is 9.06. The third kappa shape index (κ3) is 3.95. The number of nitro benzene ring substituents is 1. The minimum atomic E-state index is -0.436. The largest absolute Gasteiger partial charge is 0.345 e. The average molecular weight is 232 g/mol. The maximum Gasteiger partial charge on any atom is 0.273 e. The van der Waals surface area contributed by atoms with Crippen LogP contribution in [0.3, 0.4) is 0 Å². The molecule has 0 saturated carbocycles. The van der Waals surface area contributed by atoms with Crippen molar-refractivity contribution in [3.8, 4) is 11.8 Å². The van der Waals surface area contributed by atoms with Crippen LogP contribution in [0.5, 0.6) is 0 Å². The van der Waals surface area contributed by atoms with Gasteiger partial charge in [0, 0.05) is 24.1 Å². The number of nitrogens with zero attached hydrogens (tertiary/aromatic N) is 1. The van der Waals surface area contributed by atoms with Crippen LogP contribution in [0.1, 0.15) is 18.1 Å². The van der Waals surface area contributed by atoms with E-state index in [1.54, 1.807) is 19.1 Å².